The third kappa shape index (κ3) is 5.67. The van der Waals surface area contributed by atoms with E-state index in [1.165, 1.54) is 0 Å². The number of aromatic amines is 1. The molecule has 4 rings (SSSR count). The van der Waals surface area contributed by atoms with E-state index in [-0.39, 0.29) is 6.61 Å². The van der Waals surface area contributed by atoms with Crippen LogP contribution in [0.2, 0.25) is 15.1 Å². The van der Waals surface area contributed by atoms with Crippen molar-refractivity contribution < 1.29 is 14.2 Å². The molecule has 0 radical (unpaired) electrons. The van der Waals surface area contributed by atoms with E-state index in [0.29, 0.717) is 49.5 Å². The zero-order valence-electron chi connectivity index (χ0n) is 18.8. The number of ether oxygens (including phenoxy) is 3. The van der Waals surface area contributed by atoms with Crippen LogP contribution < -0.4 is 19.6 Å². The molecule has 182 valence electrons. The molecule has 35 heavy (non-hydrogen) atoms. The Balaban J connectivity index is 1.53. The summed E-state index contributed by atoms with van der Waals surface area (Å²) >= 11 is 24.0. The van der Waals surface area contributed by atoms with Crippen LogP contribution in [0.5, 0.6) is 17.2 Å². The monoisotopic (exact) mass is 550 g/mol. The van der Waals surface area contributed by atoms with Crippen LogP contribution >= 0.6 is 47.0 Å². The number of para-hydroxylation sites is 1. The molecule has 11 heteroatoms. The van der Waals surface area contributed by atoms with Crippen molar-refractivity contribution >= 4 is 47.0 Å². The maximum Gasteiger partial charge on any atom is 0.214 e. The van der Waals surface area contributed by atoms with Crippen molar-refractivity contribution in [2.24, 2.45) is 0 Å². The van der Waals surface area contributed by atoms with Crippen molar-refractivity contribution in [2.45, 2.75) is 13.2 Å². The van der Waals surface area contributed by atoms with E-state index in [0.717, 1.165) is 16.7 Å². The molecule has 0 aliphatic rings. The molecule has 0 unspecified atom stereocenters. The molecule has 0 bridgehead atoms. The van der Waals surface area contributed by atoms with Crippen LogP contribution in [0.25, 0.3) is 11.4 Å². The van der Waals surface area contributed by atoms with Gasteiger partial charge in [0.2, 0.25) is 4.77 Å². The summed E-state index contributed by atoms with van der Waals surface area (Å²) in [4.78, 5) is 0. The Morgan fingerprint density at radius 3 is 2.40 bits per heavy atom. The van der Waals surface area contributed by atoms with Gasteiger partial charge in [0, 0.05) is 0 Å². The predicted molar refractivity (Wildman–Crippen MR) is 141 cm³/mol. The number of nitrogens with one attached hydrogen (secondary N) is 2. The minimum absolute atomic E-state index is 0.247. The molecule has 1 heterocycles. The Hall–Kier alpha value is -2.91. The largest absolute Gasteiger partial charge is 0.496 e. The molecule has 1 aromatic heterocycles. The van der Waals surface area contributed by atoms with Gasteiger partial charge in [-0.25, -0.2) is 9.77 Å². The van der Waals surface area contributed by atoms with Crippen LogP contribution in [0.4, 0.5) is 0 Å². The highest BCUT2D eigenvalue weighted by Gasteiger charge is 2.16. The molecular formula is C24H21Cl3N4O3S. The first-order valence-corrected chi connectivity index (χ1v) is 11.9. The molecule has 4 aromatic rings. The van der Waals surface area contributed by atoms with Crippen molar-refractivity contribution in [1.82, 2.24) is 14.9 Å². The quantitative estimate of drug-likeness (QED) is 0.220. The van der Waals surface area contributed by atoms with E-state index in [1.807, 2.05) is 36.4 Å². The molecular weight excluding hydrogens is 531 g/mol. The Morgan fingerprint density at radius 2 is 1.66 bits per heavy atom. The van der Waals surface area contributed by atoms with Crippen LogP contribution in [-0.2, 0) is 13.2 Å². The molecule has 0 saturated carbocycles. The third-order valence-corrected chi connectivity index (χ3v) is 6.41. The Bertz CT molecular complexity index is 1410. The first kappa shape index (κ1) is 25.2. The number of halogens is 3. The molecule has 7 nitrogen and oxygen atoms in total. The normalized spacial score (nSPS) is 10.8. The van der Waals surface area contributed by atoms with Crippen LogP contribution in [0, 0.1) is 4.77 Å². The lowest BCUT2D eigenvalue weighted by molar-refractivity contribution is 0.284. The molecule has 0 atom stereocenters. The number of methoxy groups -OCH3 is 2. The number of benzene rings is 3. The van der Waals surface area contributed by atoms with Gasteiger partial charge in [-0.2, -0.15) is 5.10 Å². The van der Waals surface area contributed by atoms with Crippen molar-refractivity contribution in [1.29, 1.82) is 0 Å². The van der Waals surface area contributed by atoms with E-state index < -0.39 is 0 Å². The number of hydrogen-bond donors (Lipinski definition) is 2. The number of H-pyrrole nitrogens is 1. The van der Waals surface area contributed by atoms with Gasteiger partial charge in [0.25, 0.3) is 0 Å². The standard InChI is InChI=1S/C24H21Cl3N4O3S/c1-32-20-6-4-3-5-16(20)23-29-30-24(35)31(23)28-12-15-10-19(27)22(21(11-15)33-2)34-13-14-7-8-17(25)18(26)9-14/h3-11,28H,12-13H2,1-2H3,(H,30,35). The van der Waals surface area contributed by atoms with Gasteiger partial charge >= 0.3 is 0 Å². The van der Waals surface area contributed by atoms with E-state index >= 15 is 0 Å². The first-order chi connectivity index (χ1) is 16.9. The van der Waals surface area contributed by atoms with E-state index in [9.17, 15) is 0 Å². The number of rotatable bonds is 9. The van der Waals surface area contributed by atoms with Gasteiger partial charge in [0.1, 0.15) is 12.4 Å². The van der Waals surface area contributed by atoms with Crippen LogP contribution in [0.3, 0.4) is 0 Å². The van der Waals surface area contributed by atoms with Crippen molar-refractivity contribution in [2.75, 3.05) is 19.6 Å². The van der Waals surface area contributed by atoms with Crippen LogP contribution in [0.1, 0.15) is 11.1 Å². The highest BCUT2D eigenvalue weighted by Crippen LogP contribution is 2.37. The zero-order valence-corrected chi connectivity index (χ0v) is 21.9. The summed E-state index contributed by atoms with van der Waals surface area (Å²) in [5, 5.41) is 8.51. The summed E-state index contributed by atoms with van der Waals surface area (Å²) in [7, 11) is 3.16. The van der Waals surface area contributed by atoms with Gasteiger partial charge in [0.15, 0.2) is 17.3 Å². The summed E-state index contributed by atoms with van der Waals surface area (Å²) in [6, 6.07) is 16.5. The fraction of sp³-hybridized carbons (Fsp3) is 0.167. The second kappa shape index (κ2) is 11.2. The fourth-order valence-corrected chi connectivity index (χ4v) is 4.23. The maximum absolute atomic E-state index is 6.55. The average molecular weight is 552 g/mol. The second-order valence-electron chi connectivity index (χ2n) is 7.37. The lowest BCUT2D eigenvalue weighted by Gasteiger charge is -2.16. The number of nitrogens with zero attached hydrogens (tertiary/aromatic N) is 2. The van der Waals surface area contributed by atoms with Crippen molar-refractivity contribution in [3.05, 3.63) is 85.6 Å². The van der Waals surface area contributed by atoms with Crippen LogP contribution in [0.15, 0.2) is 54.6 Å². The van der Waals surface area contributed by atoms with Gasteiger partial charge in [-0.1, -0.05) is 53.0 Å². The smallest absolute Gasteiger partial charge is 0.214 e. The maximum atomic E-state index is 6.55. The molecule has 0 spiro atoms. The first-order valence-electron chi connectivity index (χ1n) is 10.4. The van der Waals surface area contributed by atoms with E-state index in [1.54, 1.807) is 37.1 Å². The highest BCUT2D eigenvalue weighted by molar-refractivity contribution is 7.71. The zero-order chi connectivity index (χ0) is 24.9. The minimum atomic E-state index is 0.247. The summed E-state index contributed by atoms with van der Waals surface area (Å²) in [6.45, 7) is 0.635. The highest BCUT2D eigenvalue weighted by atomic mass is 35.5. The fourth-order valence-electron chi connectivity index (χ4n) is 3.42. The van der Waals surface area contributed by atoms with Gasteiger partial charge in [0.05, 0.1) is 41.4 Å². The van der Waals surface area contributed by atoms with Gasteiger partial charge < -0.3 is 19.6 Å². The van der Waals surface area contributed by atoms with E-state index in [2.05, 4.69) is 15.6 Å². The predicted octanol–water partition coefficient (Wildman–Crippen LogP) is 6.91. The molecule has 0 aliphatic carbocycles. The summed E-state index contributed by atoms with van der Waals surface area (Å²) in [5.74, 6) is 2.19. The van der Waals surface area contributed by atoms with Crippen molar-refractivity contribution in [3.8, 4) is 28.6 Å². The van der Waals surface area contributed by atoms with E-state index in [4.69, 9.17) is 61.2 Å². The SMILES string of the molecule is COc1ccccc1-c1n[nH]c(=S)n1NCc1cc(Cl)c(OCc2ccc(Cl)c(Cl)c2)c(OC)c1. The molecule has 0 amide bonds. The average Bonchev–Trinajstić information content (AvgIpc) is 3.23. The molecule has 3 aromatic carbocycles. The topological polar surface area (TPSA) is 73.3 Å². The molecule has 0 fully saturated rings. The molecule has 0 aliphatic heterocycles. The summed E-state index contributed by atoms with van der Waals surface area (Å²) in [6.07, 6.45) is 0. The van der Waals surface area contributed by atoms with Crippen LogP contribution in [-0.4, -0.2) is 29.1 Å². The lowest BCUT2D eigenvalue weighted by atomic mass is 10.2. The van der Waals surface area contributed by atoms with Gasteiger partial charge in [-0.05, 0) is 59.7 Å². The summed E-state index contributed by atoms with van der Waals surface area (Å²) in [5.41, 5.74) is 5.76. The molecule has 0 saturated heterocycles. The Morgan fingerprint density at radius 1 is 0.914 bits per heavy atom. The number of aromatic nitrogens is 3. The summed E-state index contributed by atoms with van der Waals surface area (Å²) < 4.78 is 19.0. The Kier molecular flexibility index (Phi) is 8.07. The lowest BCUT2D eigenvalue weighted by Crippen LogP contribution is -2.16. The van der Waals surface area contributed by atoms with Gasteiger partial charge in [-0.3, -0.25) is 0 Å². The minimum Gasteiger partial charge on any atom is -0.496 e. The molecule has 2 N–H and O–H groups in total. The second-order valence-corrected chi connectivity index (χ2v) is 8.98. The number of hydrogen-bond acceptors (Lipinski definition) is 6. The third-order valence-electron chi connectivity index (χ3n) is 5.12. The van der Waals surface area contributed by atoms with Crippen molar-refractivity contribution in [3.63, 3.8) is 0 Å². The van der Waals surface area contributed by atoms with Gasteiger partial charge in [-0.15, -0.1) is 0 Å². The Labute approximate surface area is 222 Å².